The highest BCUT2D eigenvalue weighted by molar-refractivity contribution is 6.36. The molecule has 0 saturated carbocycles. The second-order valence-electron chi connectivity index (χ2n) is 13.1. The van der Waals surface area contributed by atoms with Crippen LogP contribution in [0.2, 0.25) is 5.02 Å². The molecule has 0 unspecified atom stereocenters. The Morgan fingerprint density at radius 1 is 0.865 bits per heavy atom. The Morgan fingerprint density at radius 2 is 1.54 bits per heavy atom. The first-order chi connectivity index (χ1) is 25.4. The highest BCUT2D eigenvalue weighted by atomic mass is 35.5. The first-order valence-electron chi connectivity index (χ1n) is 18.7. The molecule has 4 N–H and O–H groups in total. The van der Waals surface area contributed by atoms with Crippen molar-refractivity contribution in [3.05, 3.63) is 101 Å². The largest absolute Gasteiger partial charge is 0.424 e. The van der Waals surface area contributed by atoms with Gasteiger partial charge in [0.2, 0.25) is 0 Å². The molecule has 0 fully saturated rings. The molecule has 0 aliphatic rings. The molecule has 0 spiro atoms. The Hall–Kier alpha value is -4.09. The number of esters is 1. The molecular formula is C41H56ClN6O4+. The van der Waals surface area contributed by atoms with Crippen molar-refractivity contribution in [2.24, 2.45) is 11.6 Å². The molecule has 0 aliphatic heterocycles. The van der Waals surface area contributed by atoms with E-state index in [4.69, 9.17) is 37.4 Å². The van der Waals surface area contributed by atoms with Gasteiger partial charge in [-0.25, -0.2) is 10.4 Å². The predicted molar refractivity (Wildman–Crippen MR) is 207 cm³/mol. The minimum absolute atomic E-state index is 0.261. The van der Waals surface area contributed by atoms with Gasteiger partial charge in [-0.3, -0.25) is 14.8 Å². The maximum atomic E-state index is 11.8. The van der Waals surface area contributed by atoms with E-state index < -0.39 is 5.97 Å². The van der Waals surface area contributed by atoms with Crippen molar-refractivity contribution < 1.29 is 23.6 Å². The fourth-order valence-electron chi connectivity index (χ4n) is 6.02. The molecule has 3 heterocycles. The molecule has 280 valence electrons. The molecule has 0 radical (unpaired) electrons. The number of rotatable bonds is 25. The van der Waals surface area contributed by atoms with Crippen LogP contribution < -0.4 is 20.9 Å². The Kier molecular flexibility index (Phi) is 18.4. The molecule has 0 aliphatic carbocycles. The van der Waals surface area contributed by atoms with Crippen molar-refractivity contribution in [1.29, 1.82) is 0 Å². The summed E-state index contributed by atoms with van der Waals surface area (Å²) in [5.74, 6) is 6.00. The second-order valence-corrected chi connectivity index (χ2v) is 13.5. The van der Waals surface area contributed by atoms with Crippen LogP contribution in [0.5, 0.6) is 5.75 Å². The molecule has 52 heavy (non-hydrogen) atoms. The van der Waals surface area contributed by atoms with Crippen LogP contribution in [0.25, 0.3) is 16.6 Å². The summed E-state index contributed by atoms with van der Waals surface area (Å²) in [5.41, 5.74) is 10.2. The minimum atomic E-state index is -0.477. The van der Waals surface area contributed by atoms with Crippen molar-refractivity contribution in [2.45, 2.75) is 90.5 Å². The summed E-state index contributed by atoms with van der Waals surface area (Å²) in [5, 5.41) is 2.65. The Labute approximate surface area is 314 Å². The summed E-state index contributed by atoms with van der Waals surface area (Å²) in [6.07, 6.45) is 24.6. The summed E-state index contributed by atoms with van der Waals surface area (Å²) in [6.45, 7) is 6.07. The lowest BCUT2D eigenvalue weighted by molar-refractivity contribution is -0.697. The van der Waals surface area contributed by atoms with Crippen molar-refractivity contribution in [3.8, 4) is 5.75 Å². The second kappa shape index (κ2) is 23.5. The quantitative estimate of drug-likeness (QED) is 0.0180. The molecule has 10 nitrogen and oxygen atoms in total. The van der Waals surface area contributed by atoms with E-state index in [2.05, 4.69) is 45.1 Å². The number of benzene rings is 1. The number of ether oxygens (including phenoxy) is 3. The van der Waals surface area contributed by atoms with Gasteiger partial charge in [-0.15, -0.1) is 0 Å². The average molecular weight is 732 g/mol. The van der Waals surface area contributed by atoms with Crippen molar-refractivity contribution in [3.63, 3.8) is 0 Å². The maximum Gasteiger partial charge on any atom is 0.308 e. The van der Waals surface area contributed by atoms with E-state index in [1.807, 2.05) is 24.5 Å². The van der Waals surface area contributed by atoms with E-state index in [9.17, 15) is 4.79 Å². The number of carbonyl (C=O) groups is 1. The molecular weight excluding hydrogens is 676 g/mol. The predicted octanol–water partition coefficient (Wildman–Crippen LogP) is 7.35. The first-order valence-corrected chi connectivity index (χ1v) is 19.1. The van der Waals surface area contributed by atoms with Gasteiger partial charge in [0, 0.05) is 93.7 Å². The zero-order chi connectivity index (χ0) is 36.8. The van der Waals surface area contributed by atoms with Gasteiger partial charge < -0.3 is 25.0 Å². The van der Waals surface area contributed by atoms with Gasteiger partial charge in [0.15, 0.2) is 18.1 Å². The lowest BCUT2D eigenvalue weighted by Crippen LogP contribution is -2.33. The van der Waals surface area contributed by atoms with Crippen LogP contribution in [0, 0.1) is 0 Å². The summed E-state index contributed by atoms with van der Waals surface area (Å²) in [7, 11) is 0. The standard InChI is InChI=1S/C41H56ClN6O4/c1-33(49)52-41-37(29-38(42)36-19-11-21-46-40(36)41)39(43)32-48(44)24-7-9-26-51-28-14-18-35-16-12-23-47(31-35)22-6-4-2-3-5-8-25-50-27-13-17-34-15-10-20-45-30-34/h10-12,15-16,19-21,23,29-32H,2-9,13-14,17-18,22,24-28,43-44H2,1H3/q+1/b39-32-. The van der Waals surface area contributed by atoms with E-state index >= 15 is 0 Å². The van der Waals surface area contributed by atoms with E-state index in [-0.39, 0.29) is 5.75 Å². The number of halogens is 1. The molecule has 11 heteroatoms. The first kappa shape index (κ1) is 40.7. The number of pyridine rings is 3. The topological polar surface area (TPSA) is 130 Å². The van der Waals surface area contributed by atoms with Gasteiger partial charge in [-0.1, -0.05) is 36.9 Å². The molecule has 0 atom stereocenters. The third kappa shape index (κ3) is 14.9. The minimum Gasteiger partial charge on any atom is -0.424 e. The number of fused-ring (bicyclic) bond motifs is 1. The molecule has 4 aromatic rings. The Balaban J connectivity index is 1.01. The fourth-order valence-corrected chi connectivity index (χ4v) is 6.29. The summed E-state index contributed by atoms with van der Waals surface area (Å²) in [6, 6.07) is 13.7. The van der Waals surface area contributed by atoms with E-state index in [1.54, 1.807) is 24.5 Å². The summed E-state index contributed by atoms with van der Waals surface area (Å²) >= 11 is 6.48. The Bertz CT molecular complexity index is 1670. The van der Waals surface area contributed by atoms with Crippen LogP contribution in [-0.2, 0) is 33.7 Å². The van der Waals surface area contributed by atoms with Crippen LogP contribution in [0.1, 0.15) is 87.8 Å². The molecule has 0 bridgehead atoms. The third-order valence-corrected chi connectivity index (χ3v) is 9.03. The number of hydrogen-bond acceptors (Lipinski definition) is 9. The SMILES string of the molecule is CC(=O)Oc1c(/C(N)=C/N(N)CCCCOCCCc2ccc[n+](CCCCCCCCOCCCc3cccnc3)c2)cc(Cl)c2cccnc12. The van der Waals surface area contributed by atoms with Crippen LogP contribution >= 0.6 is 11.6 Å². The van der Waals surface area contributed by atoms with Crippen LogP contribution in [0.15, 0.2) is 79.6 Å². The number of hydrogen-bond donors (Lipinski definition) is 2. The van der Waals surface area contributed by atoms with Crippen molar-refractivity contribution in [1.82, 2.24) is 15.0 Å². The van der Waals surface area contributed by atoms with E-state index in [1.165, 1.54) is 55.2 Å². The molecule has 0 amide bonds. The van der Waals surface area contributed by atoms with Crippen molar-refractivity contribution >= 4 is 34.2 Å². The third-order valence-electron chi connectivity index (χ3n) is 8.72. The van der Waals surface area contributed by atoms with E-state index in [0.29, 0.717) is 40.3 Å². The van der Waals surface area contributed by atoms with Gasteiger partial charge in [-0.05, 0) is 87.3 Å². The van der Waals surface area contributed by atoms with Gasteiger partial charge in [-0.2, -0.15) is 0 Å². The monoisotopic (exact) mass is 731 g/mol. The summed E-state index contributed by atoms with van der Waals surface area (Å²) in [4.78, 5) is 20.3. The number of aromatic nitrogens is 3. The van der Waals surface area contributed by atoms with Crippen LogP contribution in [0.3, 0.4) is 0 Å². The molecule has 0 saturated heterocycles. The molecule has 1 aromatic carbocycles. The molecule has 3 aromatic heterocycles. The lowest BCUT2D eigenvalue weighted by Gasteiger charge is -2.17. The average Bonchev–Trinajstić information content (AvgIpc) is 3.14. The van der Waals surface area contributed by atoms with Gasteiger partial charge >= 0.3 is 5.97 Å². The maximum absolute atomic E-state index is 11.8. The highest BCUT2D eigenvalue weighted by Crippen LogP contribution is 2.36. The number of aryl methyl sites for hydroxylation is 3. The number of nitrogens with two attached hydrogens (primary N) is 2. The van der Waals surface area contributed by atoms with Crippen LogP contribution in [0.4, 0.5) is 0 Å². The van der Waals surface area contributed by atoms with Gasteiger partial charge in [0.1, 0.15) is 12.1 Å². The number of unbranched alkanes of at least 4 members (excludes halogenated alkanes) is 6. The molecule has 4 rings (SSSR count). The zero-order valence-corrected chi connectivity index (χ0v) is 31.4. The van der Waals surface area contributed by atoms with Crippen LogP contribution in [-0.4, -0.2) is 53.9 Å². The highest BCUT2D eigenvalue weighted by Gasteiger charge is 2.18. The Morgan fingerprint density at radius 3 is 2.29 bits per heavy atom. The van der Waals surface area contributed by atoms with E-state index in [0.717, 1.165) is 71.3 Å². The summed E-state index contributed by atoms with van der Waals surface area (Å²) < 4.78 is 19.5. The number of hydrazine groups is 1. The number of nitrogens with zero attached hydrogens (tertiary/aromatic N) is 4. The van der Waals surface area contributed by atoms with Crippen molar-refractivity contribution in [2.75, 3.05) is 33.0 Å². The fraction of sp³-hybridized carbons (Fsp3) is 0.463. The number of carbonyl (C=O) groups excluding carboxylic acids is 1. The lowest BCUT2D eigenvalue weighted by atomic mass is 10.1. The smallest absolute Gasteiger partial charge is 0.308 e. The zero-order valence-electron chi connectivity index (χ0n) is 30.7. The van der Waals surface area contributed by atoms with Gasteiger partial charge in [0.05, 0.1) is 10.7 Å². The van der Waals surface area contributed by atoms with Gasteiger partial charge in [0.25, 0.3) is 0 Å². The normalized spacial score (nSPS) is 11.6.